The fraction of sp³-hybridized carbons (Fsp3) is 0.333. The normalized spacial score (nSPS) is 11.0. The van der Waals surface area contributed by atoms with Gasteiger partial charge in [0.2, 0.25) is 5.82 Å². The van der Waals surface area contributed by atoms with Gasteiger partial charge in [0.25, 0.3) is 0 Å². The molecule has 3 nitrogen and oxygen atoms in total. The predicted molar refractivity (Wildman–Crippen MR) is 72.5 cm³/mol. The Labute approximate surface area is 123 Å². The molecule has 0 amide bonds. The number of thiocarbonyl (C=S) groups is 1. The van der Waals surface area contributed by atoms with E-state index >= 15 is 0 Å². The van der Waals surface area contributed by atoms with Crippen molar-refractivity contribution in [2.75, 3.05) is 6.54 Å². The molecule has 1 aromatic rings. The number of halogens is 5. The van der Waals surface area contributed by atoms with Gasteiger partial charge in [0.15, 0.2) is 28.4 Å². The number of rotatable bonds is 5. The molecule has 0 aliphatic rings. The molecule has 0 spiro atoms. The summed E-state index contributed by atoms with van der Waals surface area (Å²) in [6, 6.07) is 0. The van der Waals surface area contributed by atoms with E-state index in [-0.39, 0.29) is 5.11 Å². The Kier molecular flexibility index (Phi) is 6.47. The van der Waals surface area contributed by atoms with E-state index < -0.39 is 34.6 Å². The quantitative estimate of drug-likeness (QED) is 0.166. The molecule has 1 rings (SSSR count). The maximum Gasteiger partial charge on any atom is 0.200 e. The fourth-order valence-corrected chi connectivity index (χ4v) is 1.46. The first-order valence-electron chi connectivity index (χ1n) is 5.98. The molecule has 0 bridgehead atoms. The lowest BCUT2D eigenvalue weighted by atomic mass is 10.2. The second kappa shape index (κ2) is 7.87. The number of hydrogen-bond acceptors (Lipinski definition) is 2. The first-order chi connectivity index (χ1) is 9.90. The average Bonchev–Trinajstić information content (AvgIpc) is 2.47. The maximum atomic E-state index is 13.3. The van der Waals surface area contributed by atoms with E-state index in [2.05, 4.69) is 15.8 Å². The number of nitrogens with one attached hydrogen (secondary N) is 2. The molecule has 1 aromatic carbocycles. The number of hydrazone groups is 1. The highest BCUT2D eigenvalue weighted by Gasteiger charge is 2.24. The van der Waals surface area contributed by atoms with E-state index in [1.807, 2.05) is 6.92 Å². The average molecular weight is 325 g/mol. The zero-order valence-electron chi connectivity index (χ0n) is 10.9. The van der Waals surface area contributed by atoms with Crippen molar-refractivity contribution in [2.45, 2.75) is 19.8 Å². The SMILES string of the molecule is CCCCNC(=S)N/N=C\c1c(F)c(F)c(F)c(F)c1F. The molecule has 0 saturated carbocycles. The minimum Gasteiger partial charge on any atom is -0.361 e. The van der Waals surface area contributed by atoms with Crippen molar-refractivity contribution < 1.29 is 22.0 Å². The lowest BCUT2D eigenvalue weighted by Crippen LogP contribution is -2.32. The van der Waals surface area contributed by atoms with Gasteiger partial charge in [-0.05, 0) is 18.6 Å². The monoisotopic (exact) mass is 325 g/mol. The van der Waals surface area contributed by atoms with Crippen molar-refractivity contribution in [3.63, 3.8) is 0 Å². The van der Waals surface area contributed by atoms with E-state index in [9.17, 15) is 22.0 Å². The largest absolute Gasteiger partial charge is 0.361 e. The Morgan fingerprint density at radius 3 is 2.10 bits per heavy atom. The van der Waals surface area contributed by atoms with Gasteiger partial charge >= 0.3 is 0 Å². The Morgan fingerprint density at radius 1 is 1.05 bits per heavy atom. The van der Waals surface area contributed by atoms with Crippen LogP contribution in [0.2, 0.25) is 0 Å². The van der Waals surface area contributed by atoms with Crippen LogP contribution >= 0.6 is 12.2 Å². The molecular weight excluding hydrogens is 313 g/mol. The summed E-state index contributed by atoms with van der Waals surface area (Å²) in [6.07, 6.45) is 2.26. The Balaban J connectivity index is 2.80. The summed E-state index contributed by atoms with van der Waals surface area (Å²) >= 11 is 4.79. The molecule has 0 radical (unpaired) electrons. The van der Waals surface area contributed by atoms with Gasteiger partial charge in [0.05, 0.1) is 11.8 Å². The van der Waals surface area contributed by atoms with Crippen LogP contribution < -0.4 is 10.7 Å². The summed E-state index contributed by atoms with van der Waals surface area (Å²) in [5, 5.41) is 6.15. The molecule has 0 atom stereocenters. The van der Waals surface area contributed by atoms with E-state index in [0.29, 0.717) is 12.8 Å². The third-order valence-electron chi connectivity index (χ3n) is 2.42. The zero-order chi connectivity index (χ0) is 16.0. The number of benzene rings is 1. The van der Waals surface area contributed by atoms with Crippen LogP contribution in [0.1, 0.15) is 25.3 Å². The van der Waals surface area contributed by atoms with Gasteiger partial charge in [-0.2, -0.15) is 5.10 Å². The molecule has 0 unspecified atom stereocenters. The van der Waals surface area contributed by atoms with Crippen molar-refractivity contribution in [2.24, 2.45) is 5.10 Å². The molecule has 116 valence electrons. The first-order valence-corrected chi connectivity index (χ1v) is 6.39. The fourth-order valence-electron chi connectivity index (χ4n) is 1.31. The number of nitrogens with zero attached hydrogens (tertiary/aromatic N) is 1. The van der Waals surface area contributed by atoms with Gasteiger partial charge < -0.3 is 5.32 Å². The Morgan fingerprint density at radius 2 is 1.57 bits per heavy atom. The van der Waals surface area contributed by atoms with Gasteiger partial charge in [-0.25, -0.2) is 22.0 Å². The predicted octanol–water partition coefficient (Wildman–Crippen LogP) is 2.98. The van der Waals surface area contributed by atoms with Crippen LogP contribution in [0.15, 0.2) is 5.10 Å². The van der Waals surface area contributed by atoms with Crippen LogP contribution in [-0.4, -0.2) is 17.9 Å². The molecule has 21 heavy (non-hydrogen) atoms. The smallest absolute Gasteiger partial charge is 0.200 e. The lowest BCUT2D eigenvalue weighted by molar-refractivity contribution is 0.377. The van der Waals surface area contributed by atoms with Crippen molar-refractivity contribution in [3.8, 4) is 0 Å². The summed E-state index contributed by atoms with van der Waals surface area (Å²) < 4.78 is 65.2. The topological polar surface area (TPSA) is 36.4 Å². The van der Waals surface area contributed by atoms with E-state index in [1.54, 1.807) is 0 Å². The molecule has 0 aliphatic carbocycles. The Hall–Kier alpha value is -1.77. The van der Waals surface area contributed by atoms with Crippen LogP contribution in [0.5, 0.6) is 0 Å². The molecule has 0 aromatic heterocycles. The van der Waals surface area contributed by atoms with Crippen LogP contribution in [0, 0.1) is 29.1 Å². The highest BCUT2D eigenvalue weighted by atomic mass is 32.1. The molecule has 0 saturated heterocycles. The summed E-state index contributed by atoms with van der Waals surface area (Å²) in [5.74, 6) is -10.2. The van der Waals surface area contributed by atoms with Crippen molar-refractivity contribution >= 4 is 23.5 Å². The molecule has 0 heterocycles. The zero-order valence-corrected chi connectivity index (χ0v) is 11.8. The molecule has 0 aliphatic heterocycles. The highest BCUT2D eigenvalue weighted by molar-refractivity contribution is 7.80. The second-order valence-electron chi connectivity index (χ2n) is 3.96. The van der Waals surface area contributed by atoms with Crippen LogP contribution in [-0.2, 0) is 0 Å². The summed E-state index contributed by atoms with van der Waals surface area (Å²) in [6.45, 7) is 2.54. The van der Waals surface area contributed by atoms with Crippen LogP contribution in [0.3, 0.4) is 0 Å². The molecule has 0 fully saturated rings. The van der Waals surface area contributed by atoms with E-state index in [4.69, 9.17) is 12.2 Å². The van der Waals surface area contributed by atoms with Gasteiger partial charge in [0.1, 0.15) is 0 Å². The molecular formula is C12H12F5N3S. The minimum atomic E-state index is -2.22. The van der Waals surface area contributed by atoms with E-state index in [1.165, 1.54) is 0 Å². The van der Waals surface area contributed by atoms with Gasteiger partial charge in [-0.3, -0.25) is 5.43 Å². The number of hydrogen-bond donors (Lipinski definition) is 2. The molecule has 2 N–H and O–H groups in total. The highest BCUT2D eigenvalue weighted by Crippen LogP contribution is 2.21. The van der Waals surface area contributed by atoms with Crippen molar-refractivity contribution in [3.05, 3.63) is 34.6 Å². The summed E-state index contributed by atoms with van der Waals surface area (Å²) in [5.41, 5.74) is 1.07. The van der Waals surface area contributed by atoms with E-state index in [0.717, 1.165) is 12.8 Å². The standard InChI is InChI=1S/C12H12F5N3S/c1-2-3-4-18-12(21)20-19-5-6-7(13)9(15)11(17)10(16)8(6)14/h5H,2-4H2,1H3,(H2,18,20,21)/b19-5-. The maximum absolute atomic E-state index is 13.3. The van der Waals surface area contributed by atoms with Crippen molar-refractivity contribution in [1.82, 2.24) is 10.7 Å². The van der Waals surface area contributed by atoms with Gasteiger partial charge in [-0.1, -0.05) is 13.3 Å². The first kappa shape index (κ1) is 17.3. The summed E-state index contributed by atoms with van der Waals surface area (Å²) in [7, 11) is 0. The molecule has 9 heteroatoms. The summed E-state index contributed by atoms with van der Waals surface area (Å²) in [4.78, 5) is 0. The van der Waals surface area contributed by atoms with Gasteiger partial charge in [0, 0.05) is 6.54 Å². The Bertz CT molecular complexity index is 533. The second-order valence-corrected chi connectivity index (χ2v) is 4.37. The lowest BCUT2D eigenvalue weighted by Gasteiger charge is -2.06. The van der Waals surface area contributed by atoms with Crippen LogP contribution in [0.25, 0.3) is 0 Å². The minimum absolute atomic E-state index is 0.0728. The number of unbranched alkanes of at least 4 members (excludes halogenated alkanes) is 1. The van der Waals surface area contributed by atoms with Crippen LogP contribution in [0.4, 0.5) is 22.0 Å². The van der Waals surface area contributed by atoms with Gasteiger partial charge in [-0.15, -0.1) is 0 Å². The van der Waals surface area contributed by atoms with Crippen molar-refractivity contribution in [1.29, 1.82) is 0 Å². The third kappa shape index (κ3) is 4.35. The third-order valence-corrected chi connectivity index (χ3v) is 2.66.